The van der Waals surface area contributed by atoms with Crippen LogP contribution in [0.5, 0.6) is 0 Å². The molecular weight excluding hydrogens is 508 g/mol. The van der Waals surface area contributed by atoms with Gasteiger partial charge in [-0.1, -0.05) is 66.5 Å². The molecule has 0 saturated carbocycles. The first-order valence-corrected chi connectivity index (χ1v) is 15.6. The number of amides is 2. The molecule has 6 nitrogen and oxygen atoms in total. The van der Waals surface area contributed by atoms with Gasteiger partial charge >= 0.3 is 6.09 Å². The topological polar surface area (TPSA) is 67.9 Å². The summed E-state index contributed by atoms with van der Waals surface area (Å²) in [5.41, 5.74) is 1.35. The first-order valence-electron chi connectivity index (χ1n) is 14.8. The van der Waals surface area contributed by atoms with E-state index in [-0.39, 0.29) is 17.9 Å². The largest absolute Gasteiger partial charge is 0.496 e. The van der Waals surface area contributed by atoms with E-state index in [1.165, 1.54) is 0 Å². The van der Waals surface area contributed by atoms with Gasteiger partial charge in [0.1, 0.15) is 11.4 Å². The van der Waals surface area contributed by atoms with Crippen LogP contribution in [0, 0.1) is 5.92 Å². The van der Waals surface area contributed by atoms with Gasteiger partial charge in [0, 0.05) is 23.4 Å². The average molecular weight is 563 g/mol. The highest BCUT2D eigenvalue weighted by Gasteiger charge is 2.33. The number of allylic oxidation sites excluding steroid dienone is 1. The van der Waals surface area contributed by atoms with E-state index >= 15 is 0 Å². The zero-order valence-electron chi connectivity index (χ0n) is 25.9. The Morgan fingerprint density at radius 2 is 1.69 bits per heavy atom. The van der Waals surface area contributed by atoms with Gasteiger partial charge in [0.15, 0.2) is 0 Å². The van der Waals surface area contributed by atoms with E-state index < -0.39 is 11.7 Å². The Hall–Kier alpha value is -2.28. The number of carbonyl (C=O) groups excluding carboxylic acids is 2. The smallest absolute Gasteiger partial charge is 0.407 e. The van der Waals surface area contributed by atoms with Gasteiger partial charge in [0.05, 0.1) is 17.7 Å². The molecule has 0 bridgehead atoms. The van der Waals surface area contributed by atoms with E-state index in [1.54, 1.807) is 18.4 Å². The number of carbonyl (C=O) groups is 2. The molecule has 0 radical (unpaired) electrons. The van der Waals surface area contributed by atoms with E-state index in [1.807, 2.05) is 25.7 Å². The maximum Gasteiger partial charge on any atom is 0.407 e. The lowest BCUT2D eigenvalue weighted by Gasteiger charge is -2.35. The molecule has 1 rings (SSSR count). The average Bonchev–Trinajstić information content (AvgIpc) is 3.31. The zero-order valence-corrected chi connectivity index (χ0v) is 26.7. The van der Waals surface area contributed by atoms with Crippen LogP contribution in [0.25, 0.3) is 11.3 Å². The molecule has 0 fully saturated rings. The van der Waals surface area contributed by atoms with Crippen molar-refractivity contribution in [1.82, 2.24) is 5.32 Å². The molecule has 0 spiro atoms. The van der Waals surface area contributed by atoms with Gasteiger partial charge < -0.3 is 19.7 Å². The molecule has 0 aliphatic carbocycles. The number of thiophene rings is 1. The Morgan fingerprint density at radius 1 is 1.03 bits per heavy atom. The van der Waals surface area contributed by atoms with Crippen molar-refractivity contribution in [2.24, 2.45) is 5.92 Å². The second-order valence-electron chi connectivity index (χ2n) is 11.3. The zero-order chi connectivity index (χ0) is 29.6. The summed E-state index contributed by atoms with van der Waals surface area (Å²) in [6.45, 7) is 23.0. The van der Waals surface area contributed by atoms with Gasteiger partial charge in [0.2, 0.25) is 5.91 Å². The van der Waals surface area contributed by atoms with Crippen LogP contribution in [0.2, 0.25) is 0 Å². The van der Waals surface area contributed by atoms with E-state index in [4.69, 9.17) is 9.47 Å². The lowest BCUT2D eigenvalue weighted by atomic mass is 9.95. The molecule has 0 aliphatic heterocycles. The number of rotatable bonds is 18. The summed E-state index contributed by atoms with van der Waals surface area (Å²) >= 11 is 1.60. The molecule has 222 valence electrons. The number of alkyl carbamates (subject to hydrolysis) is 1. The van der Waals surface area contributed by atoms with Crippen LogP contribution in [0.4, 0.5) is 10.5 Å². The van der Waals surface area contributed by atoms with Crippen molar-refractivity contribution in [1.29, 1.82) is 0 Å². The summed E-state index contributed by atoms with van der Waals surface area (Å²) in [7, 11) is 1.62. The van der Waals surface area contributed by atoms with Crippen molar-refractivity contribution in [3.8, 4) is 0 Å². The van der Waals surface area contributed by atoms with Crippen molar-refractivity contribution >= 4 is 40.4 Å². The van der Waals surface area contributed by atoms with Crippen molar-refractivity contribution in [3.63, 3.8) is 0 Å². The second-order valence-corrected chi connectivity index (χ2v) is 12.3. The first kappa shape index (κ1) is 34.7. The Kier molecular flexibility index (Phi) is 15.5. The van der Waals surface area contributed by atoms with Crippen molar-refractivity contribution in [3.05, 3.63) is 29.0 Å². The molecule has 39 heavy (non-hydrogen) atoms. The fraction of sp³-hybridized carbons (Fsp3) is 0.688. The molecule has 2 unspecified atom stereocenters. The van der Waals surface area contributed by atoms with E-state index in [2.05, 4.69) is 52.2 Å². The Labute approximate surface area is 242 Å². The maximum atomic E-state index is 14.3. The van der Waals surface area contributed by atoms with Crippen LogP contribution in [0.15, 0.2) is 19.2 Å². The molecular formula is C32H54N2O4S. The summed E-state index contributed by atoms with van der Waals surface area (Å²) in [6.07, 6.45) is 8.67. The minimum atomic E-state index is -0.564. The molecule has 1 aromatic rings. The van der Waals surface area contributed by atoms with Crippen LogP contribution < -0.4 is 10.2 Å². The van der Waals surface area contributed by atoms with Gasteiger partial charge in [-0.25, -0.2) is 4.79 Å². The van der Waals surface area contributed by atoms with Crippen LogP contribution >= 0.6 is 11.3 Å². The standard InChI is InChI=1S/C32H54N2O4S/c1-11-15-18-23(5)28-22-27(29(39-28)24(6)37-10)34(30(35)25(14-4)19-16-12-2)26(17-13-3)20-21-33-31(36)38-32(7,8)9/h22,25-26H,5-6,11-21H2,1-4,7-10H3,(H,33,36). The van der Waals surface area contributed by atoms with Gasteiger partial charge in [0.25, 0.3) is 0 Å². The fourth-order valence-corrected chi connectivity index (χ4v) is 5.67. The second kappa shape index (κ2) is 17.4. The van der Waals surface area contributed by atoms with Crippen LogP contribution in [0.1, 0.15) is 122 Å². The van der Waals surface area contributed by atoms with E-state index in [9.17, 15) is 9.59 Å². The molecule has 0 aliphatic rings. The number of nitrogens with zero attached hydrogens (tertiary/aromatic N) is 1. The molecule has 0 aromatic carbocycles. The van der Waals surface area contributed by atoms with E-state index in [0.717, 1.165) is 78.8 Å². The number of hydrogen-bond acceptors (Lipinski definition) is 5. The van der Waals surface area contributed by atoms with Crippen LogP contribution in [0.3, 0.4) is 0 Å². The summed E-state index contributed by atoms with van der Waals surface area (Å²) in [5.74, 6) is 0.611. The minimum Gasteiger partial charge on any atom is -0.496 e. The van der Waals surface area contributed by atoms with Crippen molar-refractivity contribution < 1.29 is 19.1 Å². The minimum absolute atomic E-state index is 0.0709. The summed E-state index contributed by atoms with van der Waals surface area (Å²) in [5, 5.41) is 2.89. The van der Waals surface area contributed by atoms with Crippen LogP contribution in [-0.2, 0) is 14.3 Å². The Bertz CT molecular complexity index is 931. The molecule has 0 saturated heterocycles. The summed E-state index contributed by atoms with van der Waals surface area (Å²) in [4.78, 5) is 30.6. The van der Waals surface area contributed by atoms with Gasteiger partial charge in [-0.2, -0.15) is 0 Å². The third kappa shape index (κ3) is 11.4. The Morgan fingerprint density at radius 3 is 2.23 bits per heavy atom. The normalized spacial score (nSPS) is 12.9. The lowest BCUT2D eigenvalue weighted by Crippen LogP contribution is -2.46. The monoisotopic (exact) mass is 562 g/mol. The highest BCUT2D eigenvalue weighted by Crippen LogP contribution is 2.41. The number of ether oxygens (including phenoxy) is 2. The maximum absolute atomic E-state index is 14.3. The van der Waals surface area contributed by atoms with Gasteiger partial charge in [-0.05, 0) is 70.9 Å². The lowest BCUT2D eigenvalue weighted by molar-refractivity contribution is -0.123. The highest BCUT2D eigenvalue weighted by molar-refractivity contribution is 7.14. The van der Waals surface area contributed by atoms with Crippen LogP contribution in [-0.4, -0.2) is 37.3 Å². The molecule has 2 amide bonds. The predicted molar refractivity (Wildman–Crippen MR) is 167 cm³/mol. The molecule has 1 heterocycles. The molecule has 7 heteroatoms. The molecule has 2 atom stereocenters. The number of unbranched alkanes of at least 4 members (excludes halogenated alkanes) is 2. The van der Waals surface area contributed by atoms with Crippen molar-refractivity contribution in [2.45, 2.75) is 124 Å². The third-order valence-electron chi connectivity index (χ3n) is 6.77. The number of hydrogen-bond donors (Lipinski definition) is 1. The predicted octanol–water partition coefficient (Wildman–Crippen LogP) is 9.20. The fourth-order valence-electron chi connectivity index (χ4n) is 4.58. The number of nitrogens with one attached hydrogen (secondary N) is 1. The SMILES string of the molecule is C=C(CCCC)c1cc(N(C(=O)C(CC)CCCC)C(CCC)CCNC(=O)OC(C)(C)C)c(C(=C)OC)s1. The first-order chi connectivity index (χ1) is 18.4. The van der Waals surface area contributed by atoms with Crippen molar-refractivity contribution in [2.75, 3.05) is 18.6 Å². The quantitative estimate of drug-likeness (QED) is 0.181. The van der Waals surface area contributed by atoms with Gasteiger partial charge in [-0.3, -0.25) is 4.79 Å². The number of methoxy groups -OCH3 is 1. The van der Waals surface area contributed by atoms with E-state index in [0.29, 0.717) is 18.7 Å². The summed E-state index contributed by atoms with van der Waals surface area (Å²) in [6, 6.07) is 2.01. The summed E-state index contributed by atoms with van der Waals surface area (Å²) < 4.78 is 11.0. The number of anilines is 1. The molecule has 1 aromatic heterocycles. The Balaban J connectivity index is 3.53. The third-order valence-corrected chi connectivity index (χ3v) is 8.04. The highest BCUT2D eigenvalue weighted by atomic mass is 32.1. The van der Waals surface area contributed by atoms with Gasteiger partial charge in [-0.15, -0.1) is 11.3 Å². The molecule has 1 N–H and O–H groups in total.